The summed E-state index contributed by atoms with van der Waals surface area (Å²) in [6.07, 6.45) is 1.38. The second-order valence-corrected chi connectivity index (χ2v) is 7.05. The highest BCUT2D eigenvalue weighted by Gasteiger charge is 2.28. The molecule has 3 N–H and O–H groups in total. The van der Waals surface area contributed by atoms with E-state index in [4.69, 9.17) is 9.84 Å². The van der Waals surface area contributed by atoms with Crippen molar-refractivity contribution in [3.05, 3.63) is 11.8 Å². The first-order chi connectivity index (χ1) is 10.7. The topological polar surface area (TPSA) is 138 Å². The van der Waals surface area contributed by atoms with Crippen LogP contribution in [0.5, 0.6) is 0 Å². The highest BCUT2D eigenvalue weighted by atomic mass is 32.2. The van der Waals surface area contributed by atoms with Crippen LogP contribution in [0.4, 0.5) is 0 Å². The van der Waals surface area contributed by atoms with E-state index in [9.17, 15) is 18.0 Å². The maximum Gasteiger partial charge on any atom is 0.342 e. The maximum absolute atomic E-state index is 12.3. The van der Waals surface area contributed by atoms with E-state index in [0.717, 1.165) is 6.20 Å². The average molecular weight is 347 g/mol. The van der Waals surface area contributed by atoms with E-state index in [2.05, 4.69) is 14.9 Å². The first-order valence-corrected chi connectivity index (χ1v) is 8.60. The first kappa shape index (κ1) is 19.1. The monoisotopic (exact) mass is 347 g/mol. The number of aromatic nitrogens is 2. The average Bonchev–Trinajstić information content (AvgIpc) is 2.93. The summed E-state index contributed by atoms with van der Waals surface area (Å²) in [4.78, 5) is 22.9. The van der Waals surface area contributed by atoms with Crippen molar-refractivity contribution >= 4 is 22.0 Å². The van der Waals surface area contributed by atoms with Gasteiger partial charge in [0.15, 0.2) is 5.03 Å². The van der Waals surface area contributed by atoms with E-state index in [1.165, 1.54) is 0 Å². The van der Waals surface area contributed by atoms with Gasteiger partial charge >= 0.3 is 11.9 Å². The maximum atomic E-state index is 12.3. The van der Waals surface area contributed by atoms with E-state index >= 15 is 0 Å². The van der Waals surface area contributed by atoms with E-state index in [-0.39, 0.29) is 24.6 Å². The summed E-state index contributed by atoms with van der Waals surface area (Å²) in [7, 11) is -4.11. The Hall–Kier alpha value is -1.94. The fourth-order valence-electron chi connectivity index (χ4n) is 1.96. The van der Waals surface area contributed by atoms with Crippen molar-refractivity contribution in [3.63, 3.8) is 0 Å². The lowest BCUT2D eigenvalue weighted by atomic mass is 9.98. The van der Waals surface area contributed by atoms with Gasteiger partial charge in [0, 0.05) is 6.54 Å². The van der Waals surface area contributed by atoms with Gasteiger partial charge in [0.1, 0.15) is 5.56 Å². The lowest BCUT2D eigenvalue weighted by Crippen LogP contribution is -2.34. The zero-order chi connectivity index (χ0) is 17.6. The lowest BCUT2D eigenvalue weighted by Gasteiger charge is -2.15. The minimum Gasteiger partial charge on any atom is -0.481 e. The molecule has 0 aromatic carbocycles. The Morgan fingerprint density at radius 2 is 2.09 bits per heavy atom. The second kappa shape index (κ2) is 8.06. The summed E-state index contributed by atoms with van der Waals surface area (Å²) in [5.41, 5.74) is -0.227. The third-order valence-corrected chi connectivity index (χ3v) is 4.39. The molecule has 0 fully saturated rings. The highest BCUT2D eigenvalue weighted by Crippen LogP contribution is 2.15. The van der Waals surface area contributed by atoms with Gasteiger partial charge in [-0.1, -0.05) is 13.8 Å². The van der Waals surface area contributed by atoms with Crippen LogP contribution in [0, 0.1) is 11.8 Å². The van der Waals surface area contributed by atoms with Gasteiger partial charge < -0.3 is 9.84 Å². The lowest BCUT2D eigenvalue weighted by molar-refractivity contribution is -0.142. The summed E-state index contributed by atoms with van der Waals surface area (Å²) in [6, 6.07) is 0. The molecule has 1 aromatic heterocycles. The Kier molecular flexibility index (Phi) is 6.70. The molecule has 1 unspecified atom stereocenters. The van der Waals surface area contributed by atoms with Gasteiger partial charge in [0.05, 0.1) is 18.7 Å². The van der Waals surface area contributed by atoms with Crippen molar-refractivity contribution in [2.45, 2.75) is 32.2 Å². The van der Waals surface area contributed by atoms with Gasteiger partial charge in [0.2, 0.25) is 0 Å². The Morgan fingerprint density at radius 3 is 2.61 bits per heavy atom. The zero-order valence-corrected chi connectivity index (χ0v) is 14.0. The van der Waals surface area contributed by atoms with Crippen LogP contribution in [0.1, 0.15) is 37.6 Å². The van der Waals surface area contributed by atoms with Gasteiger partial charge in [-0.25, -0.2) is 17.9 Å². The molecule has 0 amide bonds. The fraction of sp³-hybridized carbons (Fsp3) is 0.615. The van der Waals surface area contributed by atoms with Crippen molar-refractivity contribution < 1.29 is 27.9 Å². The molecule has 130 valence electrons. The van der Waals surface area contributed by atoms with Crippen LogP contribution in [0.3, 0.4) is 0 Å². The Bertz CT molecular complexity index is 652. The number of esters is 1. The van der Waals surface area contributed by atoms with Gasteiger partial charge in [-0.15, -0.1) is 0 Å². The first-order valence-electron chi connectivity index (χ1n) is 7.12. The second-order valence-electron chi connectivity index (χ2n) is 5.35. The number of sulfonamides is 1. The number of carbonyl (C=O) groups is 2. The number of nitrogens with one attached hydrogen (secondary N) is 2. The Labute approximate surface area is 134 Å². The molecule has 1 rings (SSSR count). The van der Waals surface area contributed by atoms with Crippen molar-refractivity contribution in [2.75, 3.05) is 13.2 Å². The number of ether oxygens (including phenoxy) is 1. The third-order valence-electron chi connectivity index (χ3n) is 2.99. The smallest absolute Gasteiger partial charge is 0.342 e. The molecular formula is C13H21N3O6S. The number of rotatable bonds is 9. The predicted octanol–water partition coefficient (Wildman–Crippen LogP) is 0.612. The number of H-pyrrole nitrogens is 1. The van der Waals surface area contributed by atoms with Gasteiger partial charge in [0.25, 0.3) is 10.0 Å². The molecule has 0 aliphatic heterocycles. The third kappa shape index (κ3) is 5.32. The molecule has 1 aromatic rings. The van der Waals surface area contributed by atoms with Crippen LogP contribution < -0.4 is 4.72 Å². The van der Waals surface area contributed by atoms with Crippen LogP contribution in [-0.4, -0.2) is 48.8 Å². The van der Waals surface area contributed by atoms with E-state index in [1.54, 1.807) is 6.92 Å². The molecule has 0 aliphatic rings. The molecule has 0 radical (unpaired) electrons. The van der Waals surface area contributed by atoms with Crippen molar-refractivity contribution in [3.8, 4) is 0 Å². The SMILES string of the molecule is CCOC(=O)c1cn[nH]c1S(=O)(=O)NCC(CC(C)C)C(=O)O. The van der Waals surface area contributed by atoms with E-state index < -0.39 is 32.9 Å². The number of aliphatic carboxylic acids is 1. The molecule has 1 heterocycles. The van der Waals surface area contributed by atoms with E-state index in [1.807, 2.05) is 13.8 Å². The molecule has 0 aliphatic carbocycles. The van der Waals surface area contributed by atoms with Crippen LogP contribution in [0.15, 0.2) is 11.2 Å². The van der Waals surface area contributed by atoms with Crippen molar-refractivity contribution in [2.24, 2.45) is 11.8 Å². The summed E-state index contributed by atoms with van der Waals surface area (Å²) in [6.45, 7) is 5.09. The fourth-order valence-corrected chi connectivity index (χ4v) is 3.12. The normalized spacial score (nSPS) is 13.0. The van der Waals surface area contributed by atoms with E-state index in [0.29, 0.717) is 6.42 Å². The van der Waals surface area contributed by atoms with Crippen LogP contribution >= 0.6 is 0 Å². The Morgan fingerprint density at radius 1 is 1.43 bits per heavy atom. The molecule has 23 heavy (non-hydrogen) atoms. The molecule has 0 spiro atoms. The van der Waals surface area contributed by atoms with Gasteiger partial charge in [-0.2, -0.15) is 5.10 Å². The largest absolute Gasteiger partial charge is 0.481 e. The summed E-state index contributed by atoms with van der Waals surface area (Å²) in [5.74, 6) is -2.67. The predicted molar refractivity (Wildman–Crippen MR) is 80.3 cm³/mol. The number of aromatic amines is 1. The molecule has 0 saturated heterocycles. The molecule has 0 bridgehead atoms. The number of carboxylic acid groups (broad SMARTS) is 1. The molecule has 1 atom stereocenters. The minimum atomic E-state index is -4.11. The number of carbonyl (C=O) groups excluding carboxylic acids is 1. The zero-order valence-electron chi connectivity index (χ0n) is 13.2. The van der Waals surface area contributed by atoms with Crippen LogP contribution in [0.25, 0.3) is 0 Å². The highest BCUT2D eigenvalue weighted by molar-refractivity contribution is 7.89. The summed E-state index contributed by atoms with van der Waals surface area (Å²) < 4.78 is 31.5. The molecule has 9 nitrogen and oxygen atoms in total. The molecule has 10 heteroatoms. The quantitative estimate of drug-likeness (QED) is 0.556. The summed E-state index contributed by atoms with van der Waals surface area (Å²) in [5, 5.41) is 14.5. The van der Waals surface area contributed by atoms with Gasteiger partial charge in [-0.3, -0.25) is 9.89 Å². The number of hydrogen-bond acceptors (Lipinski definition) is 6. The number of nitrogens with zero attached hydrogens (tertiary/aromatic N) is 1. The minimum absolute atomic E-state index is 0.0897. The van der Waals surface area contributed by atoms with Crippen LogP contribution in [-0.2, 0) is 19.6 Å². The van der Waals surface area contributed by atoms with Gasteiger partial charge in [-0.05, 0) is 19.3 Å². The molecular weight excluding hydrogens is 326 g/mol. The van der Waals surface area contributed by atoms with Crippen molar-refractivity contribution in [1.29, 1.82) is 0 Å². The summed E-state index contributed by atoms with van der Waals surface area (Å²) >= 11 is 0. The van der Waals surface area contributed by atoms with Crippen LogP contribution in [0.2, 0.25) is 0 Å². The standard InChI is InChI=1S/C13H21N3O6S/c1-4-22-13(19)10-7-14-16-11(10)23(20,21)15-6-9(12(17)18)5-8(2)3/h7-9,15H,4-6H2,1-3H3,(H,14,16)(H,17,18). The number of carboxylic acids is 1. The number of hydrogen-bond donors (Lipinski definition) is 3. The Balaban J connectivity index is 2.90. The molecule has 0 saturated carbocycles. The van der Waals surface area contributed by atoms with Crippen molar-refractivity contribution in [1.82, 2.24) is 14.9 Å².